The Bertz CT molecular complexity index is 755. The van der Waals surface area contributed by atoms with Crippen LogP contribution in [0.2, 0.25) is 0 Å². The summed E-state index contributed by atoms with van der Waals surface area (Å²) in [4.78, 5) is 25.2. The number of benzene rings is 1. The van der Waals surface area contributed by atoms with Crippen LogP contribution in [0.4, 0.5) is 0 Å². The number of carboxylic acid groups (broad SMARTS) is 1. The first-order chi connectivity index (χ1) is 10.1. The monoisotopic (exact) mass is 299 g/mol. The van der Waals surface area contributed by atoms with E-state index in [4.69, 9.17) is 0 Å². The Hall–Kier alpha value is -2.34. The van der Waals surface area contributed by atoms with E-state index in [0.717, 1.165) is 15.4 Å². The van der Waals surface area contributed by atoms with E-state index in [9.17, 15) is 9.90 Å². The Labute approximate surface area is 125 Å². The molecule has 21 heavy (non-hydrogen) atoms. The Kier molecular flexibility index (Phi) is 3.39. The molecule has 0 aliphatic heterocycles. The van der Waals surface area contributed by atoms with Gasteiger partial charge >= 0.3 is 5.97 Å². The standard InChI is InChI=1S/C15H13N3O2S/c1-15(14(19)20,10-5-3-2-4-6-10)9-11-18-12-13(21-11)17-8-7-16-12/h2-8H,9H2,1H3,(H,19,20). The van der Waals surface area contributed by atoms with Crippen molar-refractivity contribution in [2.75, 3.05) is 0 Å². The predicted octanol–water partition coefficient (Wildman–Crippen LogP) is 2.67. The highest BCUT2D eigenvalue weighted by Gasteiger charge is 2.36. The first-order valence-electron chi connectivity index (χ1n) is 6.45. The Morgan fingerprint density at radius 3 is 2.62 bits per heavy atom. The fourth-order valence-electron chi connectivity index (χ4n) is 2.20. The number of carbonyl (C=O) groups is 1. The van der Waals surface area contributed by atoms with E-state index in [0.29, 0.717) is 12.1 Å². The summed E-state index contributed by atoms with van der Waals surface area (Å²) < 4.78 is 0. The maximum absolute atomic E-state index is 11.8. The van der Waals surface area contributed by atoms with Crippen LogP contribution in [0.25, 0.3) is 10.5 Å². The Morgan fingerprint density at radius 1 is 1.24 bits per heavy atom. The second kappa shape index (κ2) is 5.21. The molecule has 0 aliphatic carbocycles. The molecule has 106 valence electrons. The van der Waals surface area contributed by atoms with Crippen molar-refractivity contribution in [3.8, 4) is 0 Å². The highest BCUT2D eigenvalue weighted by atomic mass is 32.1. The van der Waals surface area contributed by atoms with Gasteiger partial charge in [0, 0.05) is 18.8 Å². The lowest BCUT2D eigenvalue weighted by molar-refractivity contribution is -0.143. The Balaban J connectivity index is 2.01. The van der Waals surface area contributed by atoms with Crippen molar-refractivity contribution >= 4 is 27.8 Å². The number of hydrogen-bond donors (Lipinski definition) is 1. The van der Waals surface area contributed by atoms with E-state index >= 15 is 0 Å². The van der Waals surface area contributed by atoms with Gasteiger partial charge in [0.15, 0.2) is 10.5 Å². The molecule has 0 spiro atoms. The second-order valence-electron chi connectivity index (χ2n) is 4.97. The van der Waals surface area contributed by atoms with Crippen LogP contribution in [0.15, 0.2) is 42.7 Å². The molecule has 0 aliphatic rings. The van der Waals surface area contributed by atoms with Crippen LogP contribution in [0.1, 0.15) is 17.5 Å². The van der Waals surface area contributed by atoms with Gasteiger partial charge in [0.25, 0.3) is 0 Å². The topological polar surface area (TPSA) is 76.0 Å². The van der Waals surface area contributed by atoms with E-state index in [1.54, 1.807) is 19.3 Å². The summed E-state index contributed by atoms with van der Waals surface area (Å²) in [5.41, 5.74) is 0.311. The third-order valence-corrected chi connectivity index (χ3v) is 4.43. The molecule has 1 N–H and O–H groups in total. The predicted molar refractivity (Wildman–Crippen MR) is 80.3 cm³/mol. The van der Waals surface area contributed by atoms with Crippen LogP contribution in [0.3, 0.4) is 0 Å². The van der Waals surface area contributed by atoms with Crippen molar-refractivity contribution < 1.29 is 9.90 Å². The zero-order valence-corrected chi connectivity index (χ0v) is 12.2. The van der Waals surface area contributed by atoms with Crippen molar-refractivity contribution in [3.05, 3.63) is 53.3 Å². The van der Waals surface area contributed by atoms with E-state index in [1.165, 1.54) is 11.3 Å². The normalized spacial score (nSPS) is 14.0. The largest absolute Gasteiger partial charge is 0.481 e. The summed E-state index contributed by atoms with van der Waals surface area (Å²) in [6.45, 7) is 1.72. The molecule has 1 atom stereocenters. The van der Waals surface area contributed by atoms with Crippen LogP contribution >= 0.6 is 11.3 Å². The average Bonchev–Trinajstić information content (AvgIpc) is 2.89. The van der Waals surface area contributed by atoms with Gasteiger partial charge in [-0.2, -0.15) is 0 Å². The number of thiazole rings is 1. The van der Waals surface area contributed by atoms with E-state index in [1.807, 2.05) is 30.3 Å². The van der Waals surface area contributed by atoms with Gasteiger partial charge in [0.1, 0.15) is 0 Å². The summed E-state index contributed by atoms with van der Waals surface area (Å²) in [6.07, 6.45) is 3.51. The lowest BCUT2D eigenvalue weighted by atomic mass is 9.80. The SMILES string of the molecule is CC(Cc1nc2nccnc2s1)(C(=O)O)c1ccccc1. The number of rotatable bonds is 4. The number of aliphatic carboxylic acids is 1. The van der Waals surface area contributed by atoms with Gasteiger partial charge in [-0.15, -0.1) is 0 Å². The van der Waals surface area contributed by atoms with Crippen LogP contribution in [0, 0.1) is 0 Å². The maximum atomic E-state index is 11.8. The van der Waals surface area contributed by atoms with E-state index in [2.05, 4.69) is 15.0 Å². The van der Waals surface area contributed by atoms with Gasteiger partial charge in [0.2, 0.25) is 0 Å². The van der Waals surface area contributed by atoms with Gasteiger partial charge in [0.05, 0.1) is 10.4 Å². The molecular weight excluding hydrogens is 286 g/mol. The van der Waals surface area contributed by atoms with E-state index < -0.39 is 11.4 Å². The molecule has 3 aromatic rings. The molecule has 2 aromatic heterocycles. The van der Waals surface area contributed by atoms with Crippen molar-refractivity contribution in [1.82, 2.24) is 15.0 Å². The molecule has 2 heterocycles. The fourth-order valence-corrected chi connectivity index (χ4v) is 3.22. The number of nitrogens with zero attached hydrogens (tertiary/aromatic N) is 3. The summed E-state index contributed by atoms with van der Waals surface area (Å²) >= 11 is 1.39. The van der Waals surface area contributed by atoms with Crippen LogP contribution in [-0.2, 0) is 16.6 Å². The molecule has 0 saturated heterocycles. The number of hydrogen-bond acceptors (Lipinski definition) is 5. The van der Waals surface area contributed by atoms with Crippen LogP contribution < -0.4 is 0 Å². The van der Waals surface area contributed by atoms with Gasteiger partial charge in [-0.05, 0) is 12.5 Å². The first kappa shape index (κ1) is 13.6. The molecule has 1 aromatic carbocycles. The van der Waals surface area contributed by atoms with Gasteiger partial charge in [-0.3, -0.25) is 4.79 Å². The quantitative estimate of drug-likeness (QED) is 0.801. The molecular formula is C15H13N3O2S. The second-order valence-corrected chi connectivity index (χ2v) is 6.03. The summed E-state index contributed by atoms with van der Waals surface area (Å²) in [6, 6.07) is 9.23. The van der Waals surface area contributed by atoms with Crippen molar-refractivity contribution in [2.45, 2.75) is 18.8 Å². The summed E-state index contributed by atoms with van der Waals surface area (Å²) in [7, 11) is 0. The molecule has 0 radical (unpaired) electrons. The van der Waals surface area contributed by atoms with Gasteiger partial charge in [-0.1, -0.05) is 41.7 Å². The average molecular weight is 299 g/mol. The minimum Gasteiger partial charge on any atom is -0.481 e. The number of carboxylic acids is 1. The van der Waals surface area contributed by atoms with Gasteiger partial charge < -0.3 is 5.11 Å². The lowest BCUT2D eigenvalue weighted by Crippen LogP contribution is -2.34. The van der Waals surface area contributed by atoms with Crippen molar-refractivity contribution in [3.63, 3.8) is 0 Å². The zero-order valence-electron chi connectivity index (χ0n) is 11.4. The van der Waals surface area contributed by atoms with Crippen LogP contribution in [-0.4, -0.2) is 26.0 Å². The highest BCUT2D eigenvalue weighted by molar-refractivity contribution is 7.18. The third kappa shape index (κ3) is 2.50. The molecule has 0 saturated carbocycles. The fraction of sp³-hybridized carbons (Fsp3) is 0.200. The number of fused-ring (bicyclic) bond motifs is 1. The van der Waals surface area contributed by atoms with Crippen molar-refractivity contribution in [2.24, 2.45) is 0 Å². The number of aromatic nitrogens is 3. The molecule has 0 fully saturated rings. The molecule has 0 bridgehead atoms. The van der Waals surface area contributed by atoms with Crippen molar-refractivity contribution in [1.29, 1.82) is 0 Å². The van der Waals surface area contributed by atoms with Gasteiger partial charge in [-0.25, -0.2) is 15.0 Å². The smallest absolute Gasteiger partial charge is 0.314 e. The lowest BCUT2D eigenvalue weighted by Gasteiger charge is -2.24. The minimum atomic E-state index is -1.02. The maximum Gasteiger partial charge on any atom is 0.314 e. The summed E-state index contributed by atoms with van der Waals surface area (Å²) in [5.74, 6) is -0.867. The molecule has 1 unspecified atom stereocenters. The van der Waals surface area contributed by atoms with E-state index in [-0.39, 0.29) is 0 Å². The molecule has 5 nitrogen and oxygen atoms in total. The van der Waals surface area contributed by atoms with Crippen LogP contribution in [0.5, 0.6) is 0 Å². The minimum absolute atomic E-state index is 0.315. The molecule has 3 rings (SSSR count). The summed E-state index contributed by atoms with van der Waals surface area (Å²) in [5, 5.41) is 10.4. The third-order valence-electron chi connectivity index (χ3n) is 3.48. The Morgan fingerprint density at radius 2 is 1.95 bits per heavy atom. The highest BCUT2D eigenvalue weighted by Crippen LogP contribution is 2.31. The first-order valence-corrected chi connectivity index (χ1v) is 7.26. The molecule has 0 amide bonds. The molecule has 6 heteroatoms. The zero-order chi connectivity index (χ0) is 14.9.